The fourth-order valence-corrected chi connectivity index (χ4v) is 4.01. The maximum Gasteiger partial charge on any atom is 0.287 e. The van der Waals surface area contributed by atoms with Gasteiger partial charge in [-0.05, 0) is 42.3 Å². The number of nitrogens with one attached hydrogen (secondary N) is 1. The molecule has 0 bridgehead atoms. The van der Waals surface area contributed by atoms with Crippen LogP contribution in [0.25, 0.3) is 0 Å². The van der Waals surface area contributed by atoms with Gasteiger partial charge in [0.15, 0.2) is 15.6 Å². The lowest BCUT2D eigenvalue weighted by molar-refractivity contribution is -0.132. The van der Waals surface area contributed by atoms with E-state index in [1.807, 2.05) is 30.3 Å². The Morgan fingerprint density at radius 3 is 2.50 bits per heavy atom. The van der Waals surface area contributed by atoms with Crippen LogP contribution in [0.15, 0.2) is 82.3 Å². The third-order valence-electron chi connectivity index (χ3n) is 5.15. The van der Waals surface area contributed by atoms with E-state index in [1.54, 1.807) is 36.2 Å². The minimum Gasteiger partial charge on any atom is -0.493 e. The second-order valence-corrected chi connectivity index (χ2v) is 9.92. The number of hydrogen-bond donors (Lipinski definition) is 1. The normalized spacial score (nSPS) is 12.1. The predicted molar refractivity (Wildman–Crippen MR) is 127 cm³/mol. The molecule has 1 aromatic heterocycles. The highest BCUT2D eigenvalue weighted by Gasteiger charge is 2.25. The van der Waals surface area contributed by atoms with Crippen LogP contribution >= 0.6 is 0 Å². The summed E-state index contributed by atoms with van der Waals surface area (Å²) < 4.78 is 34.2. The largest absolute Gasteiger partial charge is 0.493 e. The molecule has 0 fully saturated rings. The predicted octanol–water partition coefficient (Wildman–Crippen LogP) is 2.95. The van der Waals surface area contributed by atoms with Gasteiger partial charge in [0.05, 0.1) is 17.8 Å². The Kier molecular flexibility index (Phi) is 8.48. The molecule has 9 heteroatoms. The van der Waals surface area contributed by atoms with E-state index in [9.17, 15) is 18.0 Å². The number of ether oxygens (including phenoxy) is 1. The zero-order valence-electron chi connectivity index (χ0n) is 19.1. The van der Waals surface area contributed by atoms with Crippen LogP contribution in [0.4, 0.5) is 0 Å². The molecule has 0 aliphatic carbocycles. The molecule has 3 aromatic rings. The van der Waals surface area contributed by atoms with Crippen LogP contribution in [-0.2, 0) is 21.1 Å². The van der Waals surface area contributed by atoms with Gasteiger partial charge < -0.3 is 19.4 Å². The average Bonchev–Trinajstić information content (AvgIpc) is 3.36. The molecule has 1 unspecified atom stereocenters. The summed E-state index contributed by atoms with van der Waals surface area (Å²) in [6, 6.07) is 18.1. The minimum absolute atomic E-state index is 0.137. The fourth-order valence-electron chi connectivity index (χ4n) is 3.35. The highest BCUT2D eigenvalue weighted by Crippen LogP contribution is 2.17. The van der Waals surface area contributed by atoms with Crippen molar-refractivity contribution in [2.45, 2.75) is 23.8 Å². The van der Waals surface area contributed by atoms with Crippen LogP contribution in [0, 0.1) is 0 Å². The van der Waals surface area contributed by atoms with Crippen LogP contribution in [-0.4, -0.2) is 57.6 Å². The summed E-state index contributed by atoms with van der Waals surface area (Å²) in [6.45, 7) is 0.694. The van der Waals surface area contributed by atoms with Crippen LogP contribution in [0.1, 0.15) is 22.5 Å². The number of nitrogens with zero attached hydrogens (tertiary/aromatic N) is 1. The van der Waals surface area contributed by atoms with E-state index < -0.39 is 21.8 Å². The van der Waals surface area contributed by atoms with Crippen molar-refractivity contribution in [3.8, 4) is 5.75 Å². The second-order valence-electron chi connectivity index (χ2n) is 7.90. The second kappa shape index (κ2) is 11.5. The van der Waals surface area contributed by atoms with Gasteiger partial charge in [-0.3, -0.25) is 9.59 Å². The maximum atomic E-state index is 13.1. The van der Waals surface area contributed by atoms with Crippen molar-refractivity contribution in [1.29, 1.82) is 0 Å². The van der Waals surface area contributed by atoms with Gasteiger partial charge >= 0.3 is 0 Å². The Labute approximate surface area is 199 Å². The monoisotopic (exact) mass is 484 g/mol. The number of benzene rings is 2. The molecule has 0 aliphatic heterocycles. The molecule has 1 heterocycles. The lowest BCUT2D eigenvalue weighted by Crippen LogP contribution is -2.48. The van der Waals surface area contributed by atoms with Crippen molar-refractivity contribution in [3.05, 3.63) is 84.3 Å². The first-order valence-electron chi connectivity index (χ1n) is 10.8. The van der Waals surface area contributed by atoms with Crippen LogP contribution in [0.3, 0.4) is 0 Å². The van der Waals surface area contributed by atoms with Crippen LogP contribution in [0.2, 0.25) is 0 Å². The quantitative estimate of drug-likeness (QED) is 0.420. The Bertz CT molecular complexity index is 1190. The van der Waals surface area contributed by atoms with Gasteiger partial charge in [-0.1, -0.05) is 36.4 Å². The molecule has 1 atom stereocenters. The Balaban J connectivity index is 1.57. The highest BCUT2D eigenvalue weighted by atomic mass is 32.2. The number of carbonyl (C=O) groups is 2. The Morgan fingerprint density at radius 1 is 1.06 bits per heavy atom. The fraction of sp³-hybridized carbons (Fsp3) is 0.280. The molecule has 2 amide bonds. The molecule has 3 rings (SSSR count). The van der Waals surface area contributed by atoms with Crippen molar-refractivity contribution in [2.75, 3.05) is 26.5 Å². The molecular formula is C25H28N2O6S. The smallest absolute Gasteiger partial charge is 0.287 e. The molecule has 0 saturated carbocycles. The summed E-state index contributed by atoms with van der Waals surface area (Å²) in [5.74, 6) is -0.104. The van der Waals surface area contributed by atoms with Gasteiger partial charge in [0.25, 0.3) is 5.91 Å². The van der Waals surface area contributed by atoms with Crippen molar-refractivity contribution in [1.82, 2.24) is 10.2 Å². The number of furan rings is 1. The lowest BCUT2D eigenvalue weighted by atomic mass is 10.0. The average molecular weight is 485 g/mol. The molecule has 0 spiro atoms. The molecule has 8 nitrogen and oxygen atoms in total. The maximum absolute atomic E-state index is 13.1. The number of likely N-dealkylation sites (N-methyl/N-ethyl adjacent to an activating group) is 1. The molecule has 1 N–H and O–H groups in total. The topological polar surface area (TPSA) is 106 Å². The van der Waals surface area contributed by atoms with Crippen LogP contribution in [0.5, 0.6) is 5.75 Å². The number of carbonyl (C=O) groups excluding carboxylic acids is 2. The van der Waals surface area contributed by atoms with E-state index in [2.05, 4.69) is 5.32 Å². The molecule has 34 heavy (non-hydrogen) atoms. The van der Waals surface area contributed by atoms with Crippen molar-refractivity contribution in [2.24, 2.45) is 0 Å². The van der Waals surface area contributed by atoms with Crippen molar-refractivity contribution in [3.63, 3.8) is 0 Å². The van der Waals surface area contributed by atoms with Gasteiger partial charge in [0.2, 0.25) is 5.91 Å². The van der Waals surface area contributed by atoms with Gasteiger partial charge in [-0.25, -0.2) is 8.42 Å². The zero-order chi connectivity index (χ0) is 24.6. The van der Waals surface area contributed by atoms with Gasteiger partial charge in [-0.2, -0.15) is 0 Å². The van der Waals surface area contributed by atoms with E-state index in [1.165, 1.54) is 18.4 Å². The minimum atomic E-state index is -3.32. The number of rotatable bonds is 11. The molecule has 0 radical (unpaired) electrons. The third kappa shape index (κ3) is 7.21. The first kappa shape index (κ1) is 25.0. The summed E-state index contributed by atoms with van der Waals surface area (Å²) >= 11 is 0. The first-order chi connectivity index (χ1) is 16.2. The molecule has 0 saturated heterocycles. The number of sulfone groups is 1. The third-order valence-corrected chi connectivity index (χ3v) is 6.26. The van der Waals surface area contributed by atoms with E-state index in [-0.39, 0.29) is 16.6 Å². The van der Waals surface area contributed by atoms with E-state index in [0.717, 1.165) is 11.8 Å². The standard InChI is InChI=1S/C25H28N2O6S/c1-27(14-8-16-32-20-11-6-12-21(18-20)34(2,30)31)25(29)22(17-19-9-4-3-5-10-19)26-24(28)23-13-7-15-33-23/h3-7,9-13,15,18,22H,8,14,16-17H2,1-2H3,(H,26,28). The lowest BCUT2D eigenvalue weighted by Gasteiger charge is -2.24. The first-order valence-corrected chi connectivity index (χ1v) is 12.7. The Hall–Kier alpha value is -3.59. The number of amides is 2. The van der Waals surface area contributed by atoms with Crippen molar-refractivity contribution >= 4 is 21.7 Å². The summed E-state index contributed by atoms with van der Waals surface area (Å²) in [5, 5.41) is 2.77. The van der Waals surface area contributed by atoms with E-state index >= 15 is 0 Å². The summed E-state index contributed by atoms with van der Waals surface area (Å²) in [7, 11) is -1.65. The van der Waals surface area contributed by atoms with Crippen molar-refractivity contribution < 1.29 is 27.2 Å². The molecular weight excluding hydrogens is 456 g/mol. The Morgan fingerprint density at radius 2 is 1.82 bits per heavy atom. The summed E-state index contributed by atoms with van der Waals surface area (Å²) in [4.78, 5) is 27.4. The van der Waals surface area contributed by atoms with Gasteiger partial charge in [-0.15, -0.1) is 0 Å². The van der Waals surface area contributed by atoms with Gasteiger partial charge in [0, 0.05) is 26.3 Å². The summed E-state index contributed by atoms with van der Waals surface area (Å²) in [5.41, 5.74) is 0.920. The molecule has 2 aromatic carbocycles. The van der Waals surface area contributed by atoms with E-state index in [0.29, 0.717) is 31.7 Å². The number of hydrogen-bond acceptors (Lipinski definition) is 6. The van der Waals surface area contributed by atoms with Crippen LogP contribution < -0.4 is 10.1 Å². The SMILES string of the molecule is CN(CCCOc1cccc(S(C)(=O)=O)c1)C(=O)C(Cc1ccccc1)NC(=O)c1ccco1. The highest BCUT2D eigenvalue weighted by molar-refractivity contribution is 7.90. The molecule has 0 aliphatic rings. The van der Waals surface area contributed by atoms with E-state index in [4.69, 9.17) is 9.15 Å². The summed E-state index contributed by atoms with van der Waals surface area (Å²) in [6.07, 6.45) is 3.41. The van der Waals surface area contributed by atoms with Gasteiger partial charge in [0.1, 0.15) is 11.8 Å². The molecule has 180 valence electrons. The zero-order valence-corrected chi connectivity index (χ0v) is 20.0.